The van der Waals surface area contributed by atoms with Gasteiger partial charge in [-0.05, 0) is 23.5 Å². The zero-order chi connectivity index (χ0) is 13.8. The van der Waals surface area contributed by atoms with Gasteiger partial charge in [-0.15, -0.1) is 0 Å². The van der Waals surface area contributed by atoms with Gasteiger partial charge in [0.1, 0.15) is 0 Å². The van der Waals surface area contributed by atoms with Crippen LogP contribution in [0.4, 0.5) is 0 Å². The average molecular weight is 263 g/mol. The van der Waals surface area contributed by atoms with Crippen molar-refractivity contribution in [2.45, 2.75) is 26.5 Å². The molecule has 2 rings (SSSR count). The molecule has 1 aromatic rings. The van der Waals surface area contributed by atoms with E-state index in [1.807, 2.05) is 24.3 Å². The molecule has 1 fully saturated rings. The highest BCUT2D eigenvalue weighted by molar-refractivity contribution is 5.70. The second-order valence-corrected chi connectivity index (χ2v) is 5.54. The Morgan fingerprint density at radius 3 is 2.47 bits per heavy atom. The van der Waals surface area contributed by atoms with E-state index in [1.54, 1.807) is 0 Å². The number of nitrogens with zero attached hydrogens (tertiary/aromatic N) is 1. The number of carboxylic acids is 1. The molecule has 104 valence electrons. The number of likely N-dealkylation sites (tertiary alicyclic amines) is 1. The third kappa shape index (κ3) is 3.78. The molecule has 1 aliphatic rings. The van der Waals surface area contributed by atoms with Crippen molar-refractivity contribution >= 4 is 5.97 Å². The summed E-state index contributed by atoms with van der Waals surface area (Å²) in [4.78, 5) is 13.3. The number of aliphatic hydroxyl groups excluding tert-OH is 1. The Hall–Kier alpha value is -1.39. The molecule has 0 aromatic heterocycles. The fourth-order valence-electron chi connectivity index (χ4n) is 2.78. The van der Waals surface area contributed by atoms with Gasteiger partial charge in [-0.3, -0.25) is 9.69 Å². The summed E-state index contributed by atoms with van der Waals surface area (Å²) in [7, 11) is 0. The summed E-state index contributed by atoms with van der Waals surface area (Å²) in [5.41, 5.74) is 2.06. The Bertz CT molecular complexity index is 430. The Morgan fingerprint density at radius 1 is 1.26 bits per heavy atom. The molecule has 0 aliphatic carbocycles. The Morgan fingerprint density at radius 2 is 1.89 bits per heavy atom. The number of benzene rings is 1. The normalized spacial score (nSPS) is 24.3. The summed E-state index contributed by atoms with van der Waals surface area (Å²) < 4.78 is 0. The summed E-state index contributed by atoms with van der Waals surface area (Å²) >= 11 is 0. The first-order chi connectivity index (χ1) is 9.08. The molecular weight excluding hydrogens is 242 g/mol. The summed E-state index contributed by atoms with van der Waals surface area (Å²) in [5.74, 6) is -0.515. The van der Waals surface area contributed by atoms with Crippen LogP contribution in [0.3, 0.4) is 0 Å². The predicted octanol–water partition coefficient (Wildman–Crippen LogP) is 1.72. The minimum absolute atomic E-state index is 0.0577. The van der Waals surface area contributed by atoms with Gasteiger partial charge in [0.15, 0.2) is 0 Å². The van der Waals surface area contributed by atoms with Crippen molar-refractivity contribution in [2.24, 2.45) is 11.8 Å². The summed E-state index contributed by atoms with van der Waals surface area (Å²) in [5, 5.41) is 18.2. The van der Waals surface area contributed by atoms with Crippen molar-refractivity contribution in [3.63, 3.8) is 0 Å². The highest BCUT2D eigenvalue weighted by Gasteiger charge is 2.29. The van der Waals surface area contributed by atoms with E-state index in [2.05, 4.69) is 11.8 Å². The second kappa shape index (κ2) is 6.17. The van der Waals surface area contributed by atoms with E-state index in [0.717, 1.165) is 30.6 Å². The zero-order valence-corrected chi connectivity index (χ0v) is 11.2. The number of hydrogen-bond acceptors (Lipinski definition) is 3. The first-order valence-electron chi connectivity index (χ1n) is 6.72. The van der Waals surface area contributed by atoms with Crippen LogP contribution < -0.4 is 0 Å². The van der Waals surface area contributed by atoms with Crippen LogP contribution in [-0.4, -0.2) is 34.2 Å². The molecule has 1 aliphatic heterocycles. The summed E-state index contributed by atoms with van der Waals surface area (Å²) in [6.07, 6.45) is 0.773. The third-order valence-corrected chi connectivity index (χ3v) is 3.70. The first-order valence-corrected chi connectivity index (χ1v) is 6.72. The van der Waals surface area contributed by atoms with Gasteiger partial charge in [0.25, 0.3) is 0 Å². The number of rotatable bonds is 4. The average Bonchev–Trinajstić information content (AvgIpc) is 2.39. The maximum atomic E-state index is 11.1. The zero-order valence-electron chi connectivity index (χ0n) is 11.2. The fraction of sp³-hybridized carbons (Fsp3) is 0.533. The molecule has 0 radical (unpaired) electrons. The monoisotopic (exact) mass is 263 g/mol. The number of piperidine rings is 1. The highest BCUT2D eigenvalue weighted by Crippen LogP contribution is 2.23. The van der Waals surface area contributed by atoms with Gasteiger partial charge < -0.3 is 10.2 Å². The van der Waals surface area contributed by atoms with Crippen molar-refractivity contribution in [1.29, 1.82) is 0 Å². The molecule has 4 heteroatoms. The van der Waals surface area contributed by atoms with Gasteiger partial charge in [0.2, 0.25) is 0 Å². The molecule has 2 N–H and O–H groups in total. The lowest BCUT2D eigenvalue weighted by molar-refractivity contribution is -0.144. The smallest absolute Gasteiger partial charge is 0.307 e. The lowest BCUT2D eigenvalue weighted by Gasteiger charge is -2.34. The molecular formula is C15H21NO3. The van der Waals surface area contributed by atoms with E-state index in [4.69, 9.17) is 10.2 Å². The quantitative estimate of drug-likeness (QED) is 0.868. The van der Waals surface area contributed by atoms with Crippen LogP contribution in [0.1, 0.15) is 24.5 Å². The largest absolute Gasteiger partial charge is 0.481 e. The van der Waals surface area contributed by atoms with Crippen molar-refractivity contribution in [2.75, 3.05) is 13.1 Å². The van der Waals surface area contributed by atoms with Gasteiger partial charge in [-0.1, -0.05) is 31.2 Å². The number of aliphatic hydroxyl groups is 1. The lowest BCUT2D eigenvalue weighted by atomic mass is 9.90. The molecule has 1 aromatic carbocycles. The Kier molecular flexibility index (Phi) is 4.56. The summed E-state index contributed by atoms with van der Waals surface area (Å²) in [6.45, 7) is 4.52. The lowest BCUT2D eigenvalue weighted by Crippen LogP contribution is -2.41. The van der Waals surface area contributed by atoms with Crippen LogP contribution in [0.15, 0.2) is 24.3 Å². The van der Waals surface area contributed by atoms with Crippen molar-refractivity contribution < 1.29 is 15.0 Å². The maximum absolute atomic E-state index is 11.1. The van der Waals surface area contributed by atoms with Gasteiger partial charge in [-0.2, -0.15) is 0 Å². The molecule has 4 nitrogen and oxygen atoms in total. The topological polar surface area (TPSA) is 60.8 Å². The van der Waals surface area contributed by atoms with E-state index >= 15 is 0 Å². The molecule has 1 heterocycles. The fourth-order valence-corrected chi connectivity index (χ4v) is 2.78. The standard InChI is InChI=1S/C15H21NO3/c1-11-6-14(15(18)19)9-16(7-11)8-12-2-4-13(10-17)5-3-12/h2-5,11,14,17H,6-10H2,1H3,(H,18,19). The van der Waals surface area contributed by atoms with Gasteiger partial charge in [0, 0.05) is 19.6 Å². The van der Waals surface area contributed by atoms with Crippen molar-refractivity contribution in [1.82, 2.24) is 4.90 Å². The molecule has 0 saturated carbocycles. The molecule has 1 saturated heterocycles. The molecule has 0 bridgehead atoms. The van der Waals surface area contributed by atoms with Crippen LogP contribution in [0.2, 0.25) is 0 Å². The molecule has 2 unspecified atom stereocenters. The summed E-state index contributed by atoms with van der Waals surface area (Å²) in [6, 6.07) is 7.83. The maximum Gasteiger partial charge on any atom is 0.307 e. The third-order valence-electron chi connectivity index (χ3n) is 3.70. The van der Waals surface area contributed by atoms with E-state index in [9.17, 15) is 4.79 Å². The Balaban J connectivity index is 1.98. The minimum atomic E-state index is -0.688. The predicted molar refractivity (Wildman–Crippen MR) is 72.5 cm³/mol. The molecule has 19 heavy (non-hydrogen) atoms. The highest BCUT2D eigenvalue weighted by atomic mass is 16.4. The number of carboxylic acid groups (broad SMARTS) is 1. The number of aliphatic carboxylic acids is 1. The van der Waals surface area contributed by atoms with E-state index in [0.29, 0.717) is 12.5 Å². The van der Waals surface area contributed by atoms with E-state index < -0.39 is 5.97 Å². The number of hydrogen-bond donors (Lipinski definition) is 2. The van der Waals surface area contributed by atoms with Crippen LogP contribution >= 0.6 is 0 Å². The Labute approximate surface area is 113 Å². The van der Waals surface area contributed by atoms with E-state index in [1.165, 1.54) is 0 Å². The van der Waals surface area contributed by atoms with Gasteiger partial charge in [0.05, 0.1) is 12.5 Å². The molecule has 0 amide bonds. The van der Waals surface area contributed by atoms with Crippen LogP contribution in [0.5, 0.6) is 0 Å². The molecule has 2 atom stereocenters. The molecule has 0 spiro atoms. The second-order valence-electron chi connectivity index (χ2n) is 5.54. The number of carbonyl (C=O) groups is 1. The van der Waals surface area contributed by atoms with Gasteiger partial charge in [-0.25, -0.2) is 0 Å². The van der Waals surface area contributed by atoms with E-state index in [-0.39, 0.29) is 12.5 Å². The van der Waals surface area contributed by atoms with Crippen LogP contribution in [-0.2, 0) is 17.9 Å². The first kappa shape index (κ1) is 14.0. The van der Waals surface area contributed by atoms with Crippen molar-refractivity contribution in [3.05, 3.63) is 35.4 Å². The minimum Gasteiger partial charge on any atom is -0.481 e. The van der Waals surface area contributed by atoms with Crippen LogP contribution in [0.25, 0.3) is 0 Å². The van der Waals surface area contributed by atoms with Crippen LogP contribution in [0, 0.1) is 11.8 Å². The van der Waals surface area contributed by atoms with Crippen molar-refractivity contribution in [3.8, 4) is 0 Å². The SMILES string of the molecule is CC1CC(C(=O)O)CN(Cc2ccc(CO)cc2)C1. The van der Waals surface area contributed by atoms with Gasteiger partial charge >= 0.3 is 5.97 Å².